The van der Waals surface area contributed by atoms with E-state index in [9.17, 15) is 4.79 Å². The van der Waals surface area contributed by atoms with Crippen LogP contribution in [0.15, 0.2) is 18.2 Å². The molecule has 1 aliphatic carbocycles. The zero-order chi connectivity index (χ0) is 14.8. The van der Waals surface area contributed by atoms with Crippen LogP contribution in [0.3, 0.4) is 0 Å². The summed E-state index contributed by atoms with van der Waals surface area (Å²) in [5.41, 5.74) is 3.51. The van der Waals surface area contributed by atoms with E-state index in [-0.39, 0.29) is 6.03 Å². The van der Waals surface area contributed by atoms with Crippen LogP contribution in [0.2, 0.25) is 0 Å². The molecule has 1 atom stereocenters. The molecule has 1 aromatic rings. The van der Waals surface area contributed by atoms with E-state index in [1.165, 1.54) is 43.2 Å². The lowest BCUT2D eigenvalue weighted by atomic mass is 9.92. The van der Waals surface area contributed by atoms with Gasteiger partial charge in [-0.2, -0.15) is 0 Å². The molecule has 1 saturated carbocycles. The smallest absolute Gasteiger partial charge is 0.321 e. The topological polar surface area (TPSA) is 44.4 Å². The van der Waals surface area contributed by atoms with E-state index >= 15 is 0 Å². The van der Waals surface area contributed by atoms with Crippen molar-refractivity contribution in [3.63, 3.8) is 0 Å². The molecule has 1 aliphatic heterocycles. The first-order valence-corrected chi connectivity index (χ1v) is 7.99. The van der Waals surface area contributed by atoms with Crippen molar-refractivity contribution in [1.29, 1.82) is 0 Å². The maximum absolute atomic E-state index is 11.7. The molecule has 1 aromatic carbocycles. The van der Waals surface area contributed by atoms with E-state index < -0.39 is 0 Å². The molecular formula is C17H25N3O. The Balaban J connectivity index is 1.78. The highest BCUT2D eigenvalue weighted by molar-refractivity contribution is 5.92. The van der Waals surface area contributed by atoms with E-state index in [4.69, 9.17) is 0 Å². The number of fused-ring (bicyclic) bond motifs is 1. The minimum atomic E-state index is -0.0219. The second kappa shape index (κ2) is 6.06. The van der Waals surface area contributed by atoms with Crippen LogP contribution in [-0.2, 0) is 6.54 Å². The SMILES string of the molecule is CNC(CC1CCCC1)c1ccc2c(c1)CN(C)C(=O)N2. The first-order chi connectivity index (χ1) is 10.2. The highest BCUT2D eigenvalue weighted by Crippen LogP contribution is 2.34. The Labute approximate surface area is 126 Å². The van der Waals surface area contributed by atoms with Crippen LogP contribution in [0.1, 0.15) is 49.3 Å². The minimum absolute atomic E-state index is 0.0219. The first-order valence-electron chi connectivity index (χ1n) is 7.99. The fourth-order valence-corrected chi connectivity index (χ4v) is 3.62. The van der Waals surface area contributed by atoms with Gasteiger partial charge in [0.25, 0.3) is 0 Å². The van der Waals surface area contributed by atoms with Crippen LogP contribution in [0.5, 0.6) is 0 Å². The zero-order valence-corrected chi connectivity index (χ0v) is 13.0. The third-order valence-corrected chi connectivity index (χ3v) is 4.92. The molecule has 2 aliphatic rings. The Kier molecular flexibility index (Phi) is 4.15. The van der Waals surface area contributed by atoms with Crippen molar-refractivity contribution in [3.05, 3.63) is 29.3 Å². The number of hydrogen-bond acceptors (Lipinski definition) is 2. The molecule has 1 unspecified atom stereocenters. The van der Waals surface area contributed by atoms with Gasteiger partial charge >= 0.3 is 6.03 Å². The van der Waals surface area contributed by atoms with Crippen molar-refractivity contribution in [3.8, 4) is 0 Å². The first kappa shape index (κ1) is 14.4. The van der Waals surface area contributed by atoms with Crippen molar-refractivity contribution in [2.75, 3.05) is 19.4 Å². The van der Waals surface area contributed by atoms with Crippen LogP contribution in [0, 0.1) is 5.92 Å². The number of amides is 2. The van der Waals surface area contributed by atoms with E-state index in [1.54, 1.807) is 4.90 Å². The van der Waals surface area contributed by atoms with E-state index in [0.29, 0.717) is 12.6 Å². The number of nitrogens with one attached hydrogen (secondary N) is 2. The number of benzene rings is 1. The molecule has 21 heavy (non-hydrogen) atoms. The molecule has 4 nitrogen and oxygen atoms in total. The third-order valence-electron chi connectivity index (χ3n) is 4.92. The second-order valence-corrected chi connectivity index (χ2v) is 6.43. The lowest BCUT2D eigenvalue weighted by Gasteiger charge is -2.28. The van der Waals surface area contributed by atoms with E-state index in [1.807, 2.05) is 14.1 Å². The van der Waals surface area contributed by atoms with Gasteiger partial charge in [-0.1, -0.05) is 37.8 Å². The molecule has 114 valence electrons. The summed E-state index contributed by atoms with van der Waals surface area (Å²) in [4.78, 5) is 13.4. The highest BCUT2D eigenvalue weighted by Gasteiger charge is 2.23. The summed E-state index contributed by atoms with van der Waals surface area (Å²) in [5, 5.41) is 6.40. The Bertz CT molecular complexity index is 523. The number of urea groups is 1. The Morgan fingerprint density at radius 3 is 2.86 bits per heavy atom. The molecule has 4 heteroatoms. The number of anilines is 1. The Morgan fingerprint density at radius 1 is 1.38 bits per heavy atom. The summed E-state index contributed by atoms with van der Waals surface area (Å²) in [6, 6.07) is 6.85. The summed E-state index contributed by atoms with van der Waals surface area (Å²) in [6.45, 7) is 0.689. The van der Waals surface area contributed by atoms with Gasteiger partial charge in [-0.3, -0.25) is 0 Å². The summed E-state index contributed by atoms with van der Waals surface area (Å²) in [7, 11) is 3.88. The van der Waals surface area contributed by atoms with Gasteiger partial charge in [0, 0.05) is 25.3 Å². The Morgan fingerprint density at radius 2 is 2.14 bits per heavy atom. The molecule has 0 spiro atoms. The number of hydrogen-bond donors (Lipinski definition) is 2. The summed E-state index contributed by atoms with van der Waals surface area (Å²) >= 11 is 0. The number of carbonyl (C=O) groups is 1. The highest BCUT2D eigenvalue weighted by atomic mass is 16.2. The number of carbonyl (C=O) groups excluding carboxylic acids is 1. The average molecular weight is 287 g/mol. The van der Waals surface area contributed by atoms with Gasteiger partial charge < -0.3 is 15.5 Å². The van der Waals surface area contributed by atoms with Gasteiger partial charge in [0.05, 0.1) is 0 Å². The van der Waals surface area contributed by atoms with Crippen molar-refractivity contribution < 1.29 is 4.79 Å². The fourth-order valence-electron chi connectivity index (χ4n) is 3.62. The molecule has 0 radical (unpaired) electrons. The average Bonchev–Trinajstić information content (AvgIpc) is 2.98. The molecule has 3 rings (SSSR count). The quantitative estimate of drug-likeness (QED) is 0.890. The van der Waals surface area contributed by atoms with Crippen LogP contribution in [0.4, 0.5) is 10.5 Å². The molecule has 0 bridgehead atoms. The van der Waals surface area contributed by atoms with Gasteiger partial charge in [0.2, 0.25) is 0 Å². The molecule has 0 saturated heterocycles. The van der Waals surface area contributed by atoms with Crippen molar-refractivity contribution >= 4 is 11.7 Å². The van der Waals surface area contributed by atoms with Crippen molar-refractivity contribution in [1.82, 2.24) is 10.2 Å². The van der Waals surface area contributed by atoms with Gasteiger partial charge in [-0.05, 0) is 36.6 Å². The predicted molar refractivity (Wildman–Crippen MR) is 85.3 cm³/mol. The van der Waals surface area contributed by atoms with Crippen LogP contribution in [-0.4, -0.2) is 25.0 Å². The van der Waals surface area contributed by atoms with Crippen LogP contribution in [0.25, 0.3) is 0 Å². The van der Waals surface area contributed by atoms with Gasteiger partial charge in [-0.15, -0.1) is 0 Å². The maximum atomic E-state index is 11.7. The lowest BCUT2D eigenvalue weighted by Crippen LogP contribution is -2.35. The van der Waals surface area contributed by atoms with Gasteiger partial charge in [0.15, 0.2) is 0 Å². The fraction of sp³-hybridized carbons (Fsp3) is 0.588. The molecular weight excluding hydrogens is 262 g/mol. The van der Waals surface area contributed by atoms with E-state index in [2.05, 4.69) is 28.8 Å². The molecule has 1 heterocycles. The number of rotatable bonds is 4. The lowest BCUT2D eigenvalue weighted by molar-refractivity contribution is 0.218. The van der Waals surface area contributed by atoms with Gasteiger partial charge in [-0.25, -0.2) is 4.79 Å². The van der Waals surface area contributed by atoms with Crippen molar-refractivity contribution in [2.24, 2.45) is 5.92 Å². The zero-order valence-electron chi connectivity index (χ0n) is 13.0. The third kappa shape index (κ3) is 3.05. The van der Waals surface area contributed by atoms with E-state index in [0.717, 1.165) is 11.6 Å². The number of nitrogens with zero attached hydrogens (tertiary/aromatic N) is 1. The summed E-state index contributed by atoms with van der Waals surface area (Å²) < 4.78 is 0. The second-order valence-electron chi connectivity index (χ2n) is 6.43. The molecule has 1 fully saturated rings. The predicted octanol–water partition coefficient (Wildman–Crippen LogP) is 3.50. The Hall–Kier alpha value is -1.55. The molecule has 2 amide bonds. The standard InChI is InChI=1S/C17H25N3O/c1-18-16(9-12-5-3-4-6-12)13-7-8-15-14(10-13)11-20(2)17(21)19-15/h7-8,10,12,16,18H,3-6,9,11H2,1-2H3,(H,19,21). The monoisotopic (exact) mass is 287 g/mol. The van der Waals surface area contributed by atoms with Crippen LogP contribution >= 0.6 is 0 Å². The normalized spacial score (nSPS) is 20.3. The summed E-state index contributed by atoms with van der Waals surface area (Å²) in [5.74, 6) is 0.862. The summed E-state index contributed by atoms with van der Waals surface area (Å²) in [6.07, 6.45) is 6.76. The van der Waals surface area contributed by atoms with Gasteiger partial charge in [0.1, 0.15) is 0 Å². The maximum Gasteiger partial charge on any atom is 0.321 e. The largest absolute Gasteiger partial charge is 0.323 e. The molecule has 2 N–H and O–H groups in total. The minimum Gasteiger partial charge on any atom is -0.323 e. The van der Waals surface area contributed by atoms with Crippen LogP contribution < -0.4 is 10.6 Å². The van der Waals surface area contributed by atoms with Crippen molar-refractivity contribution in [2.45, 2.75) is 44.7 Å². The molecule has 0 aromatic heterocycles.